The van der Waals surface area contributed by atoms with Gasteiger partial charge in [-0.2, -0.15) is 0 Å². The predicted octanol–water partition coefficient (Wildman–Crippen LogP) is 1.98. The van der Waals surface area contributed by atoms with Crippen molar-refractivity contribution in [3.63, 3.8) is 0 Å². The standard InChI is InChI=1S/C14H21NO3/c1-9-8-10(16)6-7-11(9)12(17)15-13(2,3)14(4,5)18/h6-8,16,18H,1-5H3,(H,15,17). The van der Waals surface area contributed by atoms with Crippen LogP contribution >= 0.6 is 0 Å². The molecule has 0 aliphatic rings. The van der Waals surface area contributed by atoms with Gasteiger partial charge in [0.2, 0.25) is 0 Å². The van der Waals surface area contributed by atoms with E-state index in [1.807, 2.05) is 0 Å². The second kappa shape index (κ2) is 4.61. The van der Waals surface area contributed by atoms with E-state index in [0.717, 1.165) is 0 Å². The van der Waals surface area contributed by atoms with Gasteiger partial charge in [0.25, 0.3) is 5.91 Å². The molecule has 18 heavy (non-hydrogen) atoms. The maximum atomic E-state index is 12.1. The van der Waals surface area contributed by atoms with Crippen LogP contribution in [0.4, 0.5) is 0 Å². The summed E-state index contributed by atoms with van der Waals surface area (Å²) in [5, 5.41) is 22.1. The molecule has 0 aliphatic heterocycles. The number of carbonyl (C=O) groups is 1. The lowest BCUT2D eigenvalue weighted by atomic mass is 9.85. The Morgan fingerprint density at radius 2 is 1.78 bits per heavy atom. The number of phenolic OH excluding ortho intramolecular Hbond substituents is 1. The molecule has 0 heterocycles. The molecule has 4 heteroatoms. The van der Waals surface area contributed by atoms with Crippen molar-refractivity contribution in [3.8, 4) is 5.75 Å². The van der Waals surface area contributed by atoms with Crippen LogP contribution in [0.3, 0.4) is 0 Å². The van der Waals surface area contributed by atoms with Gasteiger partial charge < -0.3 is 15.5 Å². The van der Waals surface area contributed by atoms with E-state index in [1.54, 1.807) is 40.7 Å². The molecule has 1 aromatic rings. The lowest BCUT2D eigenvalue weighted by molar-refractivity contribution is -0.00294. The summed E-state index contributed by atoms with van der Waals surface area (Å²) in [6, 6.07) is 4.57. The van der Waals surface area contributed by atoms with Crippen LogP contribution in [-0.2, 0) is 0 Å². The Hall–Kier alpha value is -1.55. The zero-order valence-corrected chi connectivity index (χ0v) is 11.5. The maximum absolute atomic E-state index is 12.1. The quantitative estimate of drug-likeness (QED) is 0.769. The summed E-state index contributed by atoms with van der Waals surface area (Å²) >= 11 is 0. The molecule has 1 amide bonds. The lowest BCUT2D eigenvalue weighted by Gasteiger charge is -2.38. The fourth-order valence-electron chi connectivity index (χ4n) is 1.41. The number of hydrogen-bond donors (Lipinski definition) is 3. The van der Waals surface area contributed by atoms with Crippen LogP contribution in [0.25, 0.3) is 0 Å². The van der Waals surface area contributed by atoms with Crippen molar-refractivity contribution in [3.05, 3.63) is 29.3 Å². The van der Waals surface area contributed by atoms with E-state index in [0.29, 0.717) is 11.1 Å². The molecule has 0 aliphatic carbocycles. The molecule has 0 aromatic heterocycles. The van der Waals surface area contributed by atoms with Crippen molar-refractivity contribution in [2.75, 3.05) is 0 Å². The Labute approximate surface area is 108 Å². The largest absolute Gasteiger partial charge is 0.508 e. The van der Waals surface area contributed by atoms with Gasteiger partial charge in [0.05, 0.1) is 11.1 Å². The highest BCUT2D eigenvalue weighted by Gasteiger charge is 2.36. The number of aryl methyl sites for hydroxylation is 1. The smallest absolute Gasteiger partial charge is 0.252 e. The second-order valence-corrected chi connectivity index (χ2v) is 5.64. The number of benzene rings is 1. The number of carbonyl (C=O) groups excluding carboxylic acids is 1. The normalized spacial score (nSPS) is 12.3. The van der Waals surface area contributed by atoms with Crippen molar-refractivity contribution in [2.24, 2.45) is 0 Å². The number of amides is 1. The molecular formula is C14H21NO3. The maximum Gasteiger partial charge on any atom is 0.252 e. The molecule has 0 saturated heterocycles. The zero-order chi connectivity index (χ0) is 14.1. The molecule has 0 saturated carbocycles. The average Bonchev–Trinajstić information content (AvgIpc) is 2.14. The number of hydrogen-bond acceptors (Lipinski definition) is 3. The molecule has 0 fully saturated rings. The molecule has 0 radical (unpaired) electrons. The minimum absolute atomic E-state index is 0.130. The zero-order valence-electron chi connectivity index (χ0n) is 11.5. The molecule has 1 rings (SSSR count). The third kappa shape index (κ3) is 3.01. The second-order valence-electron chi connectivity index (χ2n) is 5.64. The lowest BCUT2D eigenvalue weighted by Crippen LogP contribution is -2.57. The fraction of sp³-hybridized carbons (Fsp3) is 0.500. The highest BCUT2D eigenvalue weighted by molar-refractivity contribution is 5.96. The number of nitrogens with one attached hydrogen (secondary N) is 1. The van der Waals surface area contributed by atoms with Crippen LogP contribution in [0.5, 0.6) is 5.75 Å². The number of aliphatic hydroxyl groups is 1. The van der Waals surface area contributed by atoms with Crippen LogP contribution in [-0.4, -0.2) is 27.3 Å². The first-order chi connectivity index (χ1) is 8.04. The summed E-state index contributed by atoms with van der Waals surface area (Å²) in [6.45, 7) is 8.58. The molecule has 100 valence electrons. The first kappa shape index (κ1) is 14.5. The average molecular weight is 251 g/mol. The van der Waals surface area contributed by atoms with Gasteiger partial charge in [-0.05, 0) is 58.4 Å². The van der Waals surface area contributed by atoms with Crippen LogP contribution in [0.15, 0.2) is 18.2 Å². The molecule has 0 unspecified atom stereocenters. The van der Waals surface area contributed by atoms with Gasteiger partial charge in [-0.3, -0.25) is 4.79 Å². The van der Waals surface area contributed by atoms with Gasteiger partial charge in [0.15, 0.2) is 0 Å². The van der Waals surface area contributed by atoms with Crippen molar-refractivity contribution in [1.82, 2.24) is 5.32 Å². The summed E-state index contributed by atoms with van der Waals surface area (Å²) in [5.41, 5.74) is -0.605. The van der Waals surface area contributed by atoms with Gasteiger partial charge >= 0.3 is 0 Å². The third-order valence-corrected chi connectivity index (χ3v) is 3.41. The Morgan fingerprint density at radius 3 is 2.22 bits per heavy atom. The van der Waals surface area contributed by atoms with E-state index >= 15 is 0 Å². The van der Waals surface area contributed by atoms with Gasteiger partial charge in [-0.1, -0.05) is 0 Å². The fourth-order valence-corrected chi connectivity index (χ4v) is 1.41. The minimum atomic E-state index is -1.03. The summed E-state index contributed by atoms with van der Waals surface area (Å²) in [7, 11) is 0. The van der Waals surface area contributed by atoms with E-state index in [-0.39, 0.29) is 11.7 Å². The molecule has 0 bridgehead atoms. The highest BCUT2D eigenvalue weighted by atomic mass is 16.3. The summed E-state index contributed by atoms with van der Waals surface area (Å²) in [5.74, 6) is -0.134. The van der Waals surface area contributed by atoms with E-state index in [2.05, 4.69) is 5.32 Å². The molecule has 0 spiro atoms. The summed E-state index contributed by atoms with van der Waals surface area (Å²) in [4.78, 5) is 12.1. The Bertz CT molecular complexity index is 459. The van der Waals surface area contributed by atoms with Crippen molar-refractivity contribution < 1.29 is 15.0 Å². The number of phenols is 1. The number of rotatable bonds is 3. The van der Waals surface area contributed by atoms with Crippen LogP contribution in [0, 0.1) is 6.92 Å². The van der Waals surface area contributed by atoms with Crippen molar-refractivity contribution in [2.45, 2.75) is 45.8 Å². The van der Waals surface area contributed by atoms with E-state index in [4.69, 9.17) is 0 Å². The summed E-state index contributed by atoms with van der Waals surface area (Å²) in [6.07, 6.45) is 0. The monoisotopic (exact) mass is 251 g/mol. The molecule has 4 nitrogen and oxygen atoms in total. The first-order valence-electron chi connectivity index (χ1n) is 5.89. The Kier molecular flexibility index (Phi) is 3.72. The minimum Gasteiger partial charge on any atom is -0.508 e. The third-order valence-electron chi connectivity index (χ3n) is 3.41. The van der Waals surface area contributed by atoms with Gasteiger partial charge in [-0.25, -0.2) is 0 Å². The molecule has 0 atom stereocenters. The van der Waals surface area contributed by atoms with E-state index in [9.17, 15) is 15.0 Å². The van der Waals surface area contributed by atoms with Crippen LogP contribution in [0.1, 0.15) is 43.6 Å². The van der Waals surface area contributed by atoms with Crippen molar-refractivity contribution in [1.29, 1.82) is 0 Å². The van der Waals surface area contributed by atoms with Gasteiger partial charge in [-0.15, -0.1) is 0 Å². The van der Waals surface area contributed by atoms with E-state index in [1.165, 1.54) is 12.1 Å². The number of aromatic hydroxyl groups is 1. The van der Waals surface area contributed by atoms with Crippen LogP contribution in [0.2, 0.25) is 0 Å². The molecule has 3 N–H and O–H groups in total. The predicted molar refractivity (Wildman–Crippen MR) is 70.7 cm³/mol. The van der Waals surface area contributed by atoms with E-state index < -0.39 is 11.1 Å². The summed E-state index contributed by atoms with van der Waals surface area (Å²) < 4.78 is 0. The van der Waals surface area contributed by atoms with Crippen LogP contribution < -0.4 is 5.32 Å². The SMILES string of the molecule is Cc1cc(O)ccc1C(=O)NC(C)(C)C(C)(C)O. The molecular weight excluding hydrogens is 230 g/mol. The van der Waals surface area contributed by atoms with Gasteiger partial charge in [0.1, 0.15) is 5.75 Å². The van der Waals surface area contributed by atoms with Crippen molar-refractivity contribution >= 4 is 5.91 Å². The molecule has 1 aromatic carbocycles. The topological polar surface area (TPSA) is 69.6 Å². The Morgan fingerprint density at radius 1 is 1.22 bits per heavy atom. The van der Waals surface area contributed by atoms with Gasteiger partial charge in [0, 0.05) is 5.56 Å². The first-order valence-corrected chi connectivity index (χ1v) is 5.89. The highest BCUT2D eigenvalue weighted by Crippen LogP contribution is 2.22. The Balaban J connectivity index is 2.96.